The smallest absolute Gasteiger partial charge is 0.161 e. The van der Waals surface area contributed by atoms with Gasteiger partial charge in [-0.3, -0.25) is 5.43 Å². The van der Waals surface area contributed by atoms with Crippen LogP contribution in [-0.2, 0) is 0 Å². The molecule has 0 aromatic heterocycles. The summed E-state index contributed by atoms with van der Waals surface area (Å²) in [6.07, 6.45) is 0. The van der Waals surface area contributed by atoms with Gasteiger partial charge in [-0.2, -0.15) is 5.10 Å². The molecule has 0 amide bonds. The SMILES string of the molecule is COc1ccc(C2=NNC(c3ccc(Br)cc3)=Nc3ccc(Br)cc32)cc1OC. The lowest BCUT2D eigenvalue weighted by molar-refractivity contribution is 0.355. The zero-order valence-corrected chi connectivity index (χ0v) is 18.9. The van der Waals surface area contributed by atoms with Gasteiger partial charge in [0.2, 0.25) is 0 Å². The molecule has 0 atom stereocenters. The molecule has 7 heteroatoms. The van der Waals surface area contributed by atoms with Crippen molar-refractivity contribution in [1.29, 1.82) is 0 Å². The minimum Gasteiger partial charge on any atom is -0.493 e. The van der Waals surface area contributed by atoms with Crippen LogP contribution in [0.5, 0.6) is 11.5 Å². The van der Waals surface area contributed by atoms with Gasteiger partial charge in [0.1, 0.15) is 5.71 Å². The van der Waals surface area contributed by atoms with Gasteiger partial charge in [-0.15, -0.1) is 0 Å². The lowest BCUT2D eigenvalue weighted by Gasteiger charge is -2.12. The monoisotopic (exact) mass is 513 g/mol. The Labute approximate surface area is 185 Å². The van der Waals surface area contributed by atoms with Crippen molar-refractivity contribution in [2.45, 2.75) is 0 Å². The molecular formula is C22H17Br2N3O2. The Morgan fingerprint density at radius 2 is 1.45 bits per heavy atom. The van der Waals surface area contributed by atoms with Crippen LogP contribution < -0.4 is 14.9 Å². The molecule has 5 nitrogen and oxygen atoms in total. The van der Waals surface area contributed by atoms with E-state index in [1.165, 1.54) is 0 Å². The number of halogens is 2. The number of fused-ring (bicyclic) bond motifs is 1. The molecular weight excluding hydrogens is 498 g/mol. The Kier molecular flexibility index (Phi) is 5.69. The van der Waals surface area contributed by atoms with Crippen LogP contribution in [-0.4, -0.2) is 25.8 Å². The van der Waals surface area contributed by atoms with Crippen LogP contribution in [0.2, 0.25) is 0 Å². The molecule has 1 aliphatic heterocycles. The lowest BCUT2D eigenvalue weighted by atomic mass is 10.0. The number of hydrogen-bond donors (Lipinski definition) is 1. The zero-order valence-electron chi connectivity index (χ0n) is 15.7. The number of ether oxygens (including phenoxy) is 2. The molecule has 0 saturated carbocycles. The molecule has 0 radical (unpaired) electrons. The molecule has 0 saturated heterocycles. The summed E-state index contributed by atoms with van der Waals surface area (Å²) in [5.41, 5.74) is 7.46. The molecule has 29 heavy (non-hydrogen) atoms. The van der Waals surface area contributed by atoms with E-state index in [2.05, 4.69) is 37.3 Å². The summed E-state index contributed by atoms with van der Waals surface area (Å²) in [6, 6.07) is 19.6. The highest BCUT2D eigenvalue weighted by Crippen LogP contribution is 2.32. The quantitative estimate of drug-likeness (QED) is 0.488. The number of nitrogens with zero attached hydrogens (tertiary/aromatic N) is 2. The molecule has 0 spiro atoms. The maximum Gasteiger partial charge on any atom is 0.161 e. The van der Waals surface area contributed by atoms with Crippen LogP contribution in [0, 0.1) is 0 Å². The van der Waals surface area contributed by atoms with E-state index in [9.17, 15) is 0 Å². The molecule has 1 N–H and O–H groups in total. The second-order valence-corrected chi connectivity index (χ2v) is 8.10. The molecule has 146 valence electrons. The maximum atomic E-state index is 5.47. The summed E-state index contributed by atoms with van der Waals surface area (Å²) in [5.74, 6) is 1.98. The van der Waals surface area contributed by atoms with E-state index < -0.39 is 0 Å². The minimum absolute atomic E-state index is 0.641. The lowest BCUT2D eigenvalue weighted by Crippen LogP contribution is -2.19. The van der Waals surface area contributed by atoms with Gasteiger partial charge in [-0.05, 0) is 48.5 Å². The van der Waals surface area contributed by atoms with Crippen LogP contribution in [0.1, 0.15) is 16.7 Å². The molecule has 1 heterocycles. The Bertz CT molecular complexity index is 1130. The van der Waals surface area contributed by atoms with Crippen molar-refractivity contribution in [3.63, 3.8) is 0 Å². The number of benzene rings is 3. The van der Waals surface area contributed by atoms with Crippen molar-refractivity contribution >= 4 is 49.1 Å². The van der Waals surface area contributed by atoms with Crippen LogP contribution in [0.3, 0.4) is 0 Å². The Morgan fingerprint density at radius 3 is 2.17 bits per heavy atom. The second-order valence-electron chi connectivity index (χ2n) is 6.27. The fourth-order valence-corrected chi connectivity index (χ4v) is 3.68. The summed E-state index contributed by atoms with van der Waals surface area (Å²) in [5, 5.41) is 4.69. The number of methoxy groups -OCH3 is 2. The number of rotatable bonds is 4. The summed E-state index contributed by atoms with van der Waals surface area (Å²) in [7, 11) is 3.24. The van der Waals surface area contributed by atoms with Gasteiger partial charge < -0.3 is 9.47 Å². The Balaban J connectivity index is 1.85. The first-order valence-electron chi connectivity index (χ1n) is 8.79. The van der Waals surface area contributed by atoms with Crippen molar-refractivity contribution in [3.8, 4) is 11.5 Å². The average molecular weight is 515 g/mol. The van der Waals surface area contributed by atoms with Gasteiger partial charge in [0.25, 0.3) is 0 Å². The Morgan fingerprint density at radius 1 is 0.759 bits per heavy atom. The fraction of sp³-hybridized carbons (Fsp3) is 0.0909. The summed E-state index contributed by atoms with van der Waals surface area (Å²) in [6.45, 7) is 0. The summed E-state index contributed by atoms with van der Waals surface area (Å²) < 4.78 is 12.8. The van der Waals surface area contributed by atoms with Gasteiger partial charge in [0.15, 0.2) is 17.3 Å². The normalized spacial score (nSPS) is 12.8. The molecule has 1 aliphatic rings. The van der Waals surface area contributed by atoms with E-state index in [1.54, 1.807) is 14.2 Å². The number of hydrazone groups is 1. The molecule has 4 rings (SSSR count). The Hall–Kier alpha value is -2.64. The van der Waals surface area contributed by atoms with Crippen molar-refractivity contribution in [1.82, 2.24) is 5.43 Å². The third-order valence-electron chi connectivity index (χ3n) is 4.49. The fourth-order valence-electron chi connectivity index (χ4n) is 3.05. The van der Waals surface area contributed by atoms with Gasteiger partial charge in [-0.1, -0.05) is 44.0 Å². The van der Waals surface area contributed by atoms with E-state index in [1.807, 2.05) is 60.7 Å². The first kappa shape index (κ1) is 19.7. The standard InChI is InChI=1S/C22H17Br2N3O2/c1-28-19-10-5-14(11-20(19)29-2)21-17-12-16(24)8-9-18(17)25-22(27-26-21)13-3-6-15(23)7-4-13/h3-12H,1-2H3,(H,25,27). The highest BCUT2D eigenvalue weighted by molar-refractivity contribution is 9.10. The average Bonchev–Trinajstić information content (AvgIpc) is 2.93. The molecule has 0 bridgehead atoms. The van der Waals surface area contributed by atoms with E-state index in [0.29, 0.717) is 17.3 Å². The largest absolute Gasteiger partial charge is 0.493 e. The summed E-state index contributed by atoms with van der Waals surface area (Å²) in [4.78, 5) is 4.83. The topological polar surface area (TPSA) is 55.2 Å². The molecule has 3 aromatic rings. The molecule has 0 fully saturated rings. The predicted octanol–water partition coefficient (Wildman–Crippen LogP) is 5.66. The van der Waals surface area contributed by atoms with Crippen molar-refractivity contribution in [2.75, 3.05) is 14.2 Å². The number of hydrogen-bond acceptors (Lipinski definition) is 5. The van der Waals surface area contributed by atoms with Crippen LogP contribution in [0.15, 0.2) is 79.7 Å². The summed E-state index contributed by atoms with van der Waals surface area (Å²) >= 11 is 7.03. The number of aliphatic imine (C=N–C) groups is 1. The molecule has 3 aromatic carbocycles. The molecule has 0 aliphatic carbocycles. The van der Waals surface area contributed by atoms with Gasteiger partial charge in [-0.25, -0.2) is 4.99 Å². The highest BCUT2D eigenvalue weighted by atomic mass is 79.9. The van der Waals surface area contributed by atoms with E-state index >= 15 is 0 Å². The van der Waals surface area contributed by atoms with Gasteiger partial charge in [0, 0.05) is 25.6 Å². The first-order valence-corrected chi connectivity index (χ1v) is 10.4. The highest BCUT2D eigenvalue weighted by Gasteiger charge is 2.19. The predicted molar refractivity (Wildman–Crippen MR) is 123 cm³/mol. The third-order valence-corrected chi connectivity index (χ3v) is 5.52. The van der Waals surface area contributed by atoms with E-state index in [0.717, 1.165) is 37.0 Å². The molecule has 0 unspecified atom stereocenters. The van der Waals surface area contributed by atoms with E-state index in [4.69, 9.17) is 19.6 Å². The van der Waals surface area contributed by atoms with Crippen LogP contribution in [0.25, 0.3) is 0 Å². The van der Waals surface area contributed by atoms with Crippen molar-refractivity contribution < 1.29 is 9.47 Å². The van der Waals surface area contributed by atoms with E-state index in [-0.39, 0.29) is 0 Å². The maximum absolute atomic E-state index is 5.47. The first-order chi connectivity index (χ1) is 14.1. The van der Waals surface area contributed by atoms with Crippen molar-refractivity contribution in [3.05, 3.63) is 86.3 Å². The number of amidine groups is 1. The van der Waals surface area contributed by atoms with Gasteiger partial charge in [0.05, 0.1) is 19.9 Å². The van der Waals surface area contributed by atoms with Gasteiger partial charge >= 0.3 is 0 Å². The van der Waals surface area contributed by atoms with Crippen molar-refractivity contribution in [2.24, 2.45) is 10.1 Å². The van der Waals surface area contributed by atoms with Crippen LogP contribution >= 0.6 is 31.9 Å². The third kappa shape index (κ3) is 4.06. The van der Waals surface area contributed by atoms with Crippen LogP contribution in [0.4, 0.5) is 5.69 Å². The number of nitrogens with one attached hydrogen (secondary N) is 1. The second kappa shape index (κ2) is 8.39. The zero-order chi connectivity index (χ0) is 20.4. The minimum atomic E-state index is 0.641.